The van der Waals surface area contributed by atoms with Crippen molar-refractivity contribution >= 4 is 31.9 Å². The quantitative estimate of drug-likeness (QED) is 0.722. The Morgan fingerprint density at radius 3 is 2.62 bits per heavy atom. The molecular weight excluding hydrogens is 362 g/mol. The number of methoxy groups -OCH3 is 1. The Hall–Kier alpha value is -1.12. The number of carboxylic acids is 1. The van der Waals surface area contributed by atoms with Crippen LogP contribution in [0.4, 0.5) is 0 Å². The van der Waals surface area contributed by atoms with Crippen LogP contribution >= 0.6 is 15.9 Å². The maximum absolute atomic E-state index is 12.2. The fourth-order valence-corrected chi connectivity index (χ4v) is 3.57. The molecule has 0 saturated carbocycles. The molecule has 1 aromatic rings. The van der Waals surface area contributed by atoms with E-state index >= 15 is 0 Å². The van der Waals surface area contributed by atoms with Crippen molar-refractivity contribution in [3.8, 4) is 5.75 Å². The van der Waals surface area contributed by atoms with E-state index in [-0.39, 0.29) is 23.8 Å². The molecule has 118 valence electrons. The topological polar surface area (TPSA) is 92.7 Å². The van der Waals surface area contributed by atoms with E-state index in [0.29, 0.717) is 16.6 Å². The third-order valence-electron chi connectivity index (χ3n) is 3.04. The van der Waals surface area contributed by atoms with Gasteiger partial charge in [-0.1, -0.05) is 13.3 Å². The van der Waals surface area contributed by atoms with Crippen molar-refractivity contribution in [1.29, 1.82) is 0 Å². The predicted molar refractivity (Wildman–Crippen MR) is 81.9 cm³/mol. The number of rotatable bonds is 8. The maximum Gasteiger partial charge on any atom is 0.303 e. The van der Waals surface area contributed by atoms with Gasteiger partial charge >= 0.3 is 5.97 Å². The van der Waals surface area contributed by atoms with Crippen molar-refractivity contribution in [2.75, 3.05) is 13.7 Å². The summed E-state index contributed by atoms with van der Waals surface area (Å²) in [7, 11) is -2.19. The van der Waals surface area contributed by atoms with Crippen LogP contribution in [0.2, 0.25) is 0 Å². The average Bonchev–Trinajstić information content (AvgIpc) is 2.43. The summed E-state index contributed by atoms with van der Waals surface area (Å²) in [4.78, 5) is 10.8. The van der Waals surface area contributed by atoms with Gasteiger partial charge in [0.05, 0.1) is 16.5 Å². The third-order valence-corrected chi connectivity index (χ3v) is 5.08. The molecule has 0 aromatic heterocycles. The van der Waals surface area contributed by atoms with Gasteiger partial charge in [-0.2, -0.15) is 0 Å². The molecule has 0 spiro atoms. The van der Waals surface area contributed by atoms with Gasteiger partial charge in [-0.05, 0) is 40.0 Å². The summed E-state index contributed by atoms with van der Waals surface area (Å²) in [5, 5.41) is 8.76. The Kier molecular flexibility index (Phi) is 6.63. The second-order valence-electron chi connectivity index (χ2n) is 4.52. The van der Waals surface area contributed by atoms with Crippen LogP contribution in [-0.4, -0.2) is 33.1 Å². The van der Waals surface area contributed by atoms with E-state index in [9.17, 15) is 13.2 Å². The van der Waals surface area contributed by atoms with Crippen LogP contribution in [-0.2, 0) is 14.8 Å². The van der Waals surface area contributed by atoms with Crippen LogP contribution in [0.15, 0.2) is 27.6 Å². The van der Waals surface area contributed by atoms with Gasteiger partial charge in [0.15, 0.2) is 0 Å². The number of carbonyl (C=O) groups is 1. The summed E-state index contributed by atoms with van der Waals surface area (Å²) in [5.74, 6) is -0.640. The molecule has 1 rings (SSSR count). The molecule has 0 heterocycles. The molecule has 0 saturated heterocycles. The number of ether oxygens (including phenoxy) is 1. The minimum Gasteiger partial charge on any atom is -0.496 e. The minimum absolute atomic E-state index is 0.0642. The molecule has 0 radical (unpaired) electrons. The summed E-state index contributed by atoms with van der Waals surface area (Å²) in [5.41, 5.74) is 0. The smallest absolute Gasteiger partial charge is 0.303 e. The number of benzene rings is 1. The van der Waals surface area contributed by atoms with Gasteiger partial charge in [-0.15, -0.1) is 0 Å². The minimum atomic E-state index is -3.68. The van der Waals surface area contributed by atoms with Gasteiger partial charge in [0.25, 0.3) is 0 Å². The molecule has 0 aliphatic carbocycles. The average molecular weight is 380 g/mol. The molecule has 21 heavy (non-hydrogen) atoms. The normalized spacial score (nSPS) is 12.9. The summed E-state index contributed by atoms with van der Waals surface area (Å²) in [6.45, 7) is 1.92. The van der Waals surface area contributed by atoms with Crippen molar-refractivity contribution in [1.82, 2.24) is 4.72 Å². The highest BCUT2D eigenvalue weighted by molar-refractivity contribution is 9.10. The van der Waals surface area contributed by atoms with Crippen molar-refractivity contribution in [3.63, 3.8) is 0 Å². The number of sulfonamides is 1. The first kappa shape index (κ1) is 17.9. The van der Waals surface area contributed by atoms with E-state index in [1.807, 2.05) is 6.92 Å². The summed E-state index contributed by atoms with van der Waals surface area (Å²) in [6.07, 6.45) is 0.520. The second-order valence-corrected chi connectivity index (χ2v) is 7.14. The van der Waals surface area contributed by atoms with Crippen LogP contribution in [0.3, 0.4) is 0 Å². The summed E-state index contributed by atoms with van der Waals surface area (Å²) >= 11 is 3.23. The first-order chi connectivity index (χ1) is 9.80. The lowest BCUT2D eigenvalue weighted by atomic mass is 10.0. The van der Waals surface area contributed by atoms with Gasteiger partial charge in [-0.3, -0.25) is 4.79 Å². The first-order valence-corrected chi connectivity index (χ1v) is 8.62. The Bertz CT molecular complexity index is 603. The fraction of sp³-hybridized carbons (Fsp3) is 0.462. The highest BCUT2D eigenvalue weighted by Crippen LogP contribution is 2.27. The number of halogens is 1. The molecule has 0 bridgehead atoms. The Morgan fingerprint density at radius 1 is 1.48 bits per heavy atom. The SMILES string of the molecule is CCC(CNS(=O)(=O)c1ccc(OC)c(Br)c1)CC(=O)O. The lowest BCUT2D eigenvalue weighted by Crippen LogP contribution is -2.30. The van der Waals surface area contributed by atoms with Crippen molar-refractivity contribution in [2.24, 2.45) is 5.92 Å². The third kappa shape index (κ3) is 5.29. The summed E-state index contributed by atoms with van der Waals surface area (Å²) in [6, 6.07) is 4.43. The second kappa shape index (κ2) is 7.77. The Morgan fingerprint density at radius 2 is 2.14 bits per heavy atom. The van der Waals surface area contributed by atoms with Gasteiger partial charge in [-0.25, -0.2) is 13.1 Å². The molecule has 2 N–H and O–H groups in total. The van der Waals surface area contributed by atoms with Gasteiger partial charge < -0.3 is 9.84 Å². The zero-order valence-electron chi connectivity index (χ0n) is 11.8. The standard InChI is InChI=1S/C13H18BrNO5S/c1-3-9(6-13(16)17)8-15-21(18,19)10-4-5-12(20-2)11(14)7-10/h4-5,7,9,15H,3,6,8H2,1-2H3,(H,16,17). The number of hydrogen-bond donors (Lipinski definition) is 2. The van der Waals surface area contributed by atoms with Gasteiger partial charge in [0, 0.05) is 13.0 Å². The number of carboxylic acid groups (broad SMARTS) is 1. The summed E-state index contributed by atoms with van der Waals surface area (Å²) < 4.78 is 32.4. The van der Waals surface area contributed by atoms with Crippen LogP contribution < -0.4 is 9.46 Å². The zero-order valence-corrected chi connectivity index (χ0v) is 14.2. The van der Waals surface area contributed by atoms with E-state index in [0.717, 1.165) is 0 Å². The molecule has 1 atom stereocenters. The molecule has 1 unspecified atom stereocenters. The zero-order chi connectivity index (χ0) is 16.0. The molecule has 8 heteroatoms. The molecule has 6 nitrogen and oxygen atoms in total. The highest BCUT2D eigenvalue weighted by atomic mass is 79.9. The number of aliphatic carboxylic acids is 1. The van der Waals surface area contributed by atoms with Crippen molar-refractivity contribution in [3.05, 3.63) is 22.7 Å². The molecule has 0 fully saturated rings. The van der Waals surface area contributed by atoms with Crippen LogP contribution in [0, 0.1) is 5.92 Å². The molecule has 0 aliphatic heterocycles. The lowest BCUT2D eigenvalue weighted by Gasteiger charge is -2.14. The Labute approximate surface area is 132 Å². The monoisotopic (exact) mass is 379 g/mol. The van der Waals surface area contributed by atoms with Gasteiger partial charge in [0.2, 0.25) is 10.0 Å². The van der Waals surface area contributed by atoms with Crippen LogP contribution in [0.5, 0.6) is 5.75 Å². The predicted octanol–water partition coefficient (Wildman–Crippen LogP) is 2.24. The number of nitrogens with one attached hydrogen (secondary N) is 1. The Balaban J connectivity index is 2.81. The maximum atomic E-state index is 12.2. The lowest BCUT2D eigenvalue weighted by molar-refractivity contribution is -0.138. The van der Waals surface area contributed by atoms with Crippen molar-refractivity contribution < 1.29 is 23.1 Å². The van der Waals surface area contributed by atoms with Crippen LogP contribution in [0.1, 0.15) is 19.8 Å². The van der Waals surface area contributed by atoms with Gasteiger partial charge in [0.1, 0.15) is 5.75 Å². The first-order valence-electron chi connectivity index (χ1n) is 6.35. The van der Waals surface area contributed by atoms with E-state index in [1.54, 1.807) is 6.07 Å². The van der Waals surface area contributed by atoms with E-state index in [4.69, 9.17) is 9.84 Å². The van der Waals surface area contributed by atoms with Crippen molar-refractivity contribution in [2.45, 2.75) is 24.7 Å². The highest BCUT2D eigenvalue weighted by Gasteiger charge is 2.19. The molecule has 0 aliphatic rings. The molecular formula is C13H18BrNO5S. The number of hydrogen-bond acceptors (Lipinski definition) is 4. The van der Waals surface area contributed by atoms with Crippen LogP contribution in [0.25, 0.3) is 0 Å². The van der Waals surface area contributed by atoms with E-state index < -0.39 is 16.0 Å². The largest absolute Gasteiger partial charge is 0.496 e. The molecule has 0 amide bonds. The van der Waals surface area contributed by atoms with E-state index in [1.165, 1.54) is 19.2 Å². The fourth-order valence-electron chi connectivity index (χ4n) is 1.73. The molecule has 1 aromatic carbocycles. The van der Waals surface area contributed by atoms with E-state index in [2.05, 4.69) is 20.7 Å².